The molecule has 0 bridgehead atoms. The van der Waals surface area contributed by atoms with Gasteiger partial charge in [0.15, 0.2) is 0 Å². The van der Waals surface area contributed by atoms with Gasteiger partial charge in [0.05, 0.1) is 23.8 Å². The van der Waals surface area contributed by atoms with Gasteiger partial charge in [-0.15, -0.1) is 0 Å². The number of hydrogen-bond acceptors (Lipinski definition) is 5. The van der Waals surface area contributed by atoms with Gasteiger partial charge in [-0.3, -0.25) is 14.5 Å². The van der Waals surface area contributed by atoms with E-state index in [1.807, 2.05) is 38.1 Å². The normalized spacial score (nSPS) is 17.8. The smallest absolute Gasteiger partial charge is 0.244 e. The largest absolute Gasteiger partial charge is 0.372 e. The van der Waals surface area contributed by atoms with Crippen molar-refractivity contribution >= 4 is 11.7 Å². The highest BCUT2D eigenvalue weighted by molar-refractivity contribution is 5.76. The van der Waals surface area contributed by atoms with Crippen LogP contribution in [0.2, 0.25) is 0 Å². The average molecular weight is 356 g/mol. The van der Waals surface area contributed by atoms with Gasteiger partial charge in [0.25, 0.3) is 0 Å². The summed E-state index contributed by atoms with van der Waals surface area (Å²) in [5.41, 5.74) is 3.01. The Morgan fingerprint density at radius 1 is 1.23 bits per heavy atom. The summed E-state index contributed by atoms with van der Waals surface area (Å²) in [6, 6.07) is 2.01. The first-order valence-electron chi connectivity index (χ1n) is 9.32. The van der Waals surface area contributed by atoms with E-state index in [0.29, 0.717) is 12.5 Å². The standard InChI is InChI=1S/C19H28N6O/c1-14-9-15(2)25(23-14)13-19(26)24-7-4-5-16(6-8-24)10-17-11-22-18(20-3)12-21-17/h9,11-12,16H,4-8,10,13H2,1-3H3,(H,20,22). The highest BCUT2D eigenvalue weighted by Gasteiger charge is 2.22. The maximum absolute atomic E-state index is 12.7. The SMILES string of the molecule is CNc1cnc(CC2CCCN(C(=O)Cn3nc(C)cc3C)CC2)cn1. The van der Waals surface area contributed by atoms with Crippen molar-refractivity contribution in [3.8, 4) is 0 Å². The number of rotatable bonds is 5. The van der Waals surface area contributed by atoms with E-state index in [2.05, 4.69) is 20.4 Å². The Morgan fingerprint density at radius 3 is 2.73 bits per heavy atom. The molecule has 0 saturated carbocycles. The number of nitrogens with zero attached hydrogens (tertiary/aromatic N) is 5. The number of carbonyl (C=O) groups excluding carboxylic acids is 1. The molecular formula is C19H28N6O. The van der Waals surface area contributed by atoms with E-state index >= 15 is 0 Å². The van der Waals surface area contributed by atoms with Crippen LogP contribution in [-0.2, 0) is 17.8 Å². The second-order valence-corrected chi connectivity index (χ2v) is 7.11. The Labute approximate surface area is 154 Å². The maximum Gasteiger partial charge on any atom is 0.244 e. The molecule has 0 aliphatic carbocycles. The van der Waals surface area contributed by atoms with Crippen LogP contribution in [0.25, 0.3) is 0 Å². The zero-order valence-corrected chi connectivity index (χ0v) is 15.9. The molecule has 2 aromatic rings. The molecule has 0 radical (unpaired) electrons. The lowest BCUT2D eigenvalue weighted by molar-refractivity contribution is -0.132. The van der Waals surface area contributed by atoms with Gasteiger partial charge in [0, 0.05) is 25.8 Å². The highest BCUT2D eigenvalue weighted by Crippen LogP contribution is 2.21. The highest BCUT2D eigenvalue weighted by atomic mass is 16.2. The van der Waals surface area contributed by atoms with Crippen LogP contribution in [0.15, 0.2) is 18.5 Å². The van der Waals surface area contributed by atoms with Crippen LogP contribution < -0.4 is 5.32 Å². The van der Waals surface area contributed by atoms with Crippen LogP contribution in [0.3, 0.4) is 0 Å². The van der Waals surface area contributed by atoms with Gasteiger partial charge < -0.3 is 10.2 Å². The van der Waals surface area contributed by atoms with Crippen LogP contribution in [-0.4, -0.2) is 50.7 Å². The van der Waals surface area contributed by atoms with Crippen LogP contribution in [0.4, 0.5) is 5.82 Å². The Bertz CT molecular complexity index is 739. The fourth-order valence-electron chi connectivity index (χ4n) is 3.57. The molecule has 1 fully saturated rings. The minimum atomic E-state index is 0.162. The number of hydrogen-bond donors (Lipinski definition) is 1. The van der Waals surface area contributed by atoms with Crippen LogP contribution in [0.1, 0.15) is 36.3 Å². The fourth-order valence-corrected chi connectivity index (χ4v) is 3.57. The molecule has 1 N–H and O–H groups in total. The zero-order chi connectivity index (χ0) is 18.5. The van der Waals surface area contributed by atoms with Crippen LogP contribution in [0.5, 0.6) is 0 Å². The monoisotopic (exact) mass is 356 g/mol. The summed E-state index contributed by atoms with van der Waals surface area (Å²) in [5, 5.41) is 7.39. The third kappa shape index (κ3) is 4.59. The summed E-state index contributed by atoms with van der Waals surface area (Å²) in [6.45, 7) is 5.92. The number of nitrogens with one attached hydrogen (secondary N) is 1. The molecule has 26 heavy (non-hydrogen) atoms. The second-order valence-electron chi connectivity index (χ2n) is 7.11. The van der Waals surface area contributed by atoms with E-state index in [1.54, 1.807) is 10.9 Å². The number of amides is 1. The quantitative estimate of drug-likeness (QED) is 0.889. The van der Waals surface area contributed by atoms with Crippen LogP contribution >= 0.6 is 0 Å². The van der Waals surface area contributed by atoms with Gasteiger partial charge >= 0.3 is 0 Å². The minimum absolute atomic E-state index is 0.162. The summed E-state index contributed by atoms with van der Waals surface area (Å²) >= 11 is 0. The molecule has 1 aliphatic rings. The minimum Gasteiger partial charge on any atom is -0.372 e. The fraction of sp³-hybridized carbons (Fsp3) is 0.579. The number of aryl methyl sites for hydroxylation is 2. The lowest BCUT2D eigenvalue weighted by atomic mass is 9.95. The Balaban J connectivity index is 1.53. The average Bonchev–Trinajstić information content (AvgIpc) is 2.82. The van der Waals surface area contributed by atoms with Crippen molar-refractivity contribution in [3.05, 3.63) is 35.5 Å². The summed E-state index contributed by atoms with van der Waals surface area (Å²) in [7, 11) is 1.84. The molecule has 3 rings (SSSR count). The van der Waals surface area contributed by atoms with E-state index in [1.165, 1.54) is 0 Å². The van der Waals surface area contributed by atoms with E-state index in [-0.39, 0.29) is 5.91 Å². The molecule has 1 atom stereocenters. The van der Waals surface area contributed by atoms with Gasteiger partial charge in [-0.2, -0.15) is 5.10 Å². The van der Waals surface area contributed by atoms with E-state index in [9.17, 15) is 4.79 Å². The maximum atomic E-state index is 12.7. The number of anilines is 1. The predicted octanol–water partition coefficient (Wildman–Crippen LogP) is 2.20. The summed E-state index contributed by atoms with van der Waals surface area (Å²) < 4.78 is 1.80. The zero-order valence-electron chi connectivity index (χ0n) is 15.9. The van der Waals surface area contributed by atoms with Gasteiger partial charge in [0.1, 0.15) is 12.4 Å². The molecule has 0 spiro atoms. The lowest BCUT2D eigenvalue weighted by Gasteiger charge is -2.21. The third-order valence-corrected chi connectivity index (χ3v) is 5.05. The molecule has 1 amide bonds. The van der Waals surface area contributed by atoms with E-state index in [4.69, 9.17) is 0 Å². The van der Waals surface area contributed by atoms with Gasteiger partial charge in [-0.25, -0.2) is 4.98 Å². The first kappa shape index (κ1) is 18.4. The van der Waals surface area contributed by atoms with Crippen molar-refractivity contribution in [1.29, 1.82) is 0 Å². The van der Waals surface area contributed by atoms with Crippen molar-refractivity contribution < 1.29 is 4.79 Å². The molecule has 7 heteroatoms. The van der Waals surface area contributed by atoms with Crippen molar-refractivity contribution in [1.82, 2.24) is 24.6 Å². The molecule has 7 nitrogen and oxygen atoms in total. The summed E-state index contributed by atoms with van der Waals surface area (Å²) in [6.07, 6.45) is 7.72. The van der Waals surface area contributed by atoms with E-state index in [0.717, 1.165) is 61.7 Å². The van der Waals surface area contributed by atoms with Crippen LogP contribution in [0, 0.1) is 19.8 Å². The molecule has 0 aromatic carbocycles. The lowest BCUT2D eigenvalue weighted by Crippen LogP contribution is -2.35. The van der Waals surface area contributed by atoms with Crippen molar-refractivity contribution in [2.24, 2.45) is 5.92 Å². The molecule has 1 saturated heterocycles. The Hall–Kier alpha value is -2.44. The third-order valence-electron chi connectivity index (χ3n) is 5.05. The molecule has 140 valence electrons. The van der Waals surface area contributed by atoms with Crippen molar-refractivity contribution in [2.45, 2.75) is 46.1 Å². The topological polar surface area (TPSA) is 75.9 Å². The molecule has 3 heterocycles. The first-order valence-corrected chi connectivity index (χ1v) is 9.32. The number of likely N-dealkylation sites (tertiary alicyclic amines) is 1. The summed E-state index contributed by atoms with van der Waals surface area (Å²) in [4.78, 5) is 23.5. The van der Waals surface area contributed by atoms with Gasteiger partial charge in [-0.1, -0.05) is 0 Å². The number of aromatic nitrogens is 4. The molecular weight excluding hydrogens is 328 g/mol. The Kier molecular flexibility index (Phi) is 5.85. The second kappa shape index (κ2) is 8.29. The first-order chi connectivity index (χ1) is 12.5. The number of carbonyl (C=O) groups is 1. The van der Waals surface area contributed by atoms with Crippen molar-refractivity contribution in [2.75, 3.05) is 25.5 Å². The van der Waals surface area contributed by atoms with Gasteiger partial charge in [-0.05, 0) is 51.5 Å². The molecule has 1 unspecified atom stereocenters. The van der Waals surface area contributed by atoms with E-state index < -0.39 is 0 Å². The van der Waals surface area contributed by atoms with Gasteiger partial charge in [0.2, 0.25) is 5.91 Å². The predicted molar refractivity (Wildman–Crippen MR) is 101 cm³/mol. The summed E-state index contributed by atoms with van der Waals surface area (Å²) in [5.74, 6) is 1.50. The Morgan fingerprint density at radius 2 is 2.08 bits per heavy atom. The van der Waals surface area contributed by atoms with Crippen molar-refractivity contribution in [3.63, 3.8) is 0 Å². The molecule has 2 aromatic heterocycles. The molecule has 1 aliphatic heterocycles.